The lowest BCUT2D eigenvalue weighted by molar-refractivity contribution is -0.137. The van der Waals surface area contributed by atoms with E-state index in [0.717, 1.165) is 18.2 Å². The van der Waals surface area contributed by atoms with Gasteiger partial charge >= 0.3 is 12.1 Å². The van der Waals surface area contributed by atoms with Crippen LogP contribution in [0, 0.1) is 0 Å². The first-order valence-corrected chi connectivity index (χ1v) is 11.4. The molecular weight excluding hydrogens is 515 g/mol. The van der Waals surface area contributed by atoms with Crippen molar-refractivity contribution in [2.45, 2.75) is 6.18 Å². The van der Waals surface area contributed by atoms with E-state index in [9.17, 15) is 27.6 Å². The lowest BCUT2D eigenvalue weighted by Gasteiger charge is -2.11. The molecule has 196 valence electrons. The van der Waals surface area contributed by atoms with E-state index < -0.39 is 23.6 Å². The number of carbonyl (C=O) groups is 3. The number of nitrogens with one attached hydrogen (secondary N) is 3. The summed E-state index contributed by atoms with van der Waals surface area (Å²) in [5.74, 6) is -1.45. The van der Waals surface area contributed by atoms with E-state index >= 15 is 0 Å². The van der Waals surface area contributed by atoms with Gasteiger partial charge in [-0.15, -0.1) is 0 Å². The van der Waals surface area contributed by atoms with Gasteiger partial charge in [0.1, 0.15) is 11.5 Å². The molecule has 1 aliphatic rings. The van der Waals surface area contributed by atoms with Crippen molar-refractivity contribution >= 4 is 40.8 Å². The van der Waals surface area contributed by atoms with E-state index in [4.69, 9.17) is 9.84 Å². The van der Waals surface area contributed by atoms with Crippen LogP contribution in [0.5, 0.6) is 11.5 Å². The van der Waals surface area contributed by atoms with Crippen LogP contribution in [0.4, 0.5) is 24.5 Å². The molecule has 0 radical (unpaired) electrons. The van der Waals surface area contributed by atoms with Gasteiger partial charge < -0.3 is 25.5 Å². The Hall–Kier alpha value is -5.32. The molecule has 0 aliphatic carbocycles. The van der Waals surface area contributed by atoms with E-state index in [1.165, 1.54) is 24.4 Å². The molecule has 1 aliphatic heterocycles. The summed E-state index contributed by atoms with van der Waals surface area (Å²) in [5.41, 5.74) is 1.19. The number of aromatic amines is 1. The van der Waals surface area contributed by atoms with Gasteiger partial charge in [0, 0.05) is 40.8 Å². The van der Waals surface area contributed by atoms with E-state index in [2.05, 4.69) is 15.6 Å². The number of anilines is 2. The summed E-state index contributed by atoms with van der Waals surface area (Å²) in [7, 11) is 0. The van der Waals surface area contributed by atoms with Crippen LogP contribution in [-0.4, -0.2) is 27.9 Å². The third-order valence-electron chi connectivity index (χ3n) is 5.81. The molecule has 0 atom stereocenters. The molecule has 4 aromatic rings. The molecule has 5 rings (SSSR count). The SMILES string of the molecule is O=C1Nc2cc(Oc3cccc(NC(=O)c4cccc(C(F)(F)F)c4)c3)ccc2/C1=C/c1cc(C(=O)O)c[nH]1. The lowest BCUT2D eigenvalue weighted by atomic mass is 10.1. The quantitative estimate of drug-likeness (QED) is 0.218. The molecule has 2 amide bonds. The highest BCUT2D eigenvalue weighted by Gasteiger charge is 2.31. The number of H-pyrrole nitrogens is 1. The molecule has 1 aromatic heterocycles. The second-order valence-corrected chi connectivity index (χ2v) is 8.53. The maximum absolute atomic E-state index is 13.0. The second kappa shape index (κ2) is 9.86. The number of hydrogen-bond acceptors (Lipinski definition) is 4. The maximum Gasteiger partial charge on any atom is 0.416 e. The van der Waals surface area contributed by atoms with Gasteiger partial charge in [-0.3, -0.25) is 9.59 Å². The molecule has 0 bridgehead atoms. The summed E-state index contributed by atoms with van der Waals surface area (Å²) in [6, 6.07) is 16.8. The highest BCUT2D eigenvalue weighted by Crippen LogP contribution is 2.37. The minimum atomic E-state index is -4.57. The third-order valence-corrected chi connectivity index (χ3v) is 5.81. The zero-order valence-corrected chi connectivity index (χ0v) is 19.8. The Labute approximate surface area is 218 Å². The van der Waals surface area contributed by atoms with E-state index in [-0.39, 0.29) is 17.0 Å². The Morgan fingerprint density at radius 1 is 0.923 bits per heavy atom. The smallest absolute Gasteiger partial charge is 0.416 e. The summed E-state index contributed by atoms with van der Waals surface area (Å²) < 4.78 is 44.8. The van der Waals surface area contributed by atoms with Gasteiger partial charge in [0.15, 0.2) is 0 Å². The van der Waals surface area contributed by atoms with E-state index in [1.54, 1.807) is 42.5 Å². The van der Waals surface area contributed by atoms with Crippen LogP contribution < -0.4 is 15.4 Å². The van der Waals surface area contributed by atoms with Crippen molar-refractivity contribution in [3.63, 3.8) is 0 Å². The minimum Gasteiger partial charge on any atom is -0.478 e. The number of halogens is 3. The predicted octanol–water partition coefficient (Wildman–Crippen LogP) is 6.27. The van der Waals surface area contributed by atoms with Gasteiger partial charge in [-0.2, -0.15) is 13.2 Å². The van der Waals surface area contributed by atoms with Crippen molar-refractivity contribution in [2.75, 3.05) is 10.6 Å². The summed E-state index contributed by atoms with van der Waals surface area (Å²) >= 11 is 0. The zero-order chi connectivity index (χ0) is 27.7. The number of aromatic carboxylic acids is 1. The average Bonchev–Trinajstić information content (AvgIpc) is 3.48. The topological polar surface area (TPSA) is 121 Å². The van der Waals surface area contributed by atoms with Gasteiger partial charge in [0.2, 0.25) is 0 Å². The number of aromatic nitrogens is 1. The first-order valence-electron chi connectivity index (χ1n) is 11.4. The summed E-state index contributed by atoms with van der Waals surface area (Å²) in [6.07, 6.45) is -1.69. The first kappa shape index (κ1) is 25.3. The molecule has 3 aromatic carbocycles. The van der Waals surface area contributed by atoms with Crippen molar-refractivity contribution in [3.8, 4) is 11.5 Å². The Balaban J connectivity index is 1.31. The minimum absolute atomic E-state index is 0.0671. The van der Waals surface area contributed by atoms with Crippen molar-refractivity contribution in [1.82, 2.24) is 4.98 Å². The Bertz CT molecular complexity index is 1660. The second-order valence-electron chi connectivity index (χ2n) is 8.53. The molecule has 2 heterocycles. The van der Waals surface area contributed by atoms with Crippen LogP contribution >= 0.6 is 0 Å². The number of rotatable bonds is 6. The van der Waals surface area contributed by atoms with Crippen LogP contribution in [0.1, 0.15) is 37.5 Å². The highest BCUT2D eigenvalue weighted by molar-refractivity contribution is 6.34. The van der Waals surface area contributed by atoms with E-state index in [1.807, 2.05) is 0 Å². The van der Waals surface area contributed by atoms with Crippen LogP contribution in [0.2, 0.25) is 0 Å². The van der Waals surface area contributed by atoms with Gasteiger partial charge in [0.25, 0.3) is 11.8 Å². The van der Waals surface area contributed by atoms with Crippen molar-refractivity contribution in [1.29, 1.82) is 0 Å². The Kier molecular flexibility index (Phi) is 6.40. The lowest BCUT2D eigenvalue weighted by Crippen LogP contribution is -2.13. The number of fused-ring (bicyclic) bond motifs is 1. The number of alkyl halides is 3. The molecule has 0 fully saturated rings. The molecule has 0 unspecified atom stereocenters. The number of carboxylic acid groups (broad SMARTS) is 1. The summed E-state index contributed by atoms with van der Waals surface area (Å²) in [6.45, 7) is 0. The van der Waals surface area contributed by atoms with Crippen LogP contribution in [0.3, 0.4) is 0 Å². The summed E-state index contributed by atoms with van der Waals surface area (Å²) in [4.78, 5) is 39.0. The van der Waals surface area contributed by atoms with Crippen LogP contribution in [0.25, 0.3) is 11.6 Å². The fraction of sp³-hybridized carbons (Fsp3) is 0.0357. The van der Waals surface area contributed by atoms with Gasteiger partial charge in [-0.1, -0.05) is 12.1 Å². The third kappa shape index (κ3) is 5.52. The highest BCUT2D eigenvalue weighted by atomic mass is 19.4. The average molecular weight is 533 g/mol. The summed E-state index contributed by atoms with van der Waals surface area (Å²) in [5, 5.41) is 14.4. The number of amides is 2. The first-order chi connectivity index (χ1) is 18.6. The van der Waals surface area contributed by atoms with Crippen LogP contribution in [-0.2, 0) is 11.0 Å². The molecule has 0 spiro atoms. The van der Waals surface area contributed by atoms with Gasteiger partial charge in [-0.05, 0) is 54.6 Å². The number of carbonyl (C=O) groups excluding carboxylic acids is 2. The molecule has 0 saturated carbocycles. The maximum atomic E-state index is 13.0. The van der Waals surface area contributed by atoms with Crippen molar-refractivity contribution < 1.29 is 37.4 Å². The monoisotopic (exact) mass is 533 g/mol. The molecule has 39 heavy (non-hydrogen) atoms. The molecule has 8 nitrogen and oxygen atoms in total. The van der Waals surface area contributed by atoms with Crippen molar-refractivity contribution in [3.05, 3.63) is 107 Å². The standard InChI is InChI=1S/C28H18F3N3O5/c29-28(30,31)17-4-1-3-15(9-17)25(35)33-18-5-2-6-20(11-18)39-21-7-8-22-23(26(36)34-24(22)13-21)12-19-10-16(14-32-19)27(37)38/h1-14,32H,(H,33,35)(H,34,36)(H,37,38)/b23-12-. The number of ether oxygens (including phenoxy) is 1. The number of carboxylic acids is 1. The molecule has 11 heteroatoms. The normalized spacial score (nSPS) is 13.6. The largest absolute Gasteiger partial charge is 0.478 e. The fourth-order valence-corrected chi connectivity index (χ4v) is 3.97. The van der Waals surface area contributed by atoms with Crippen LogP contribution in [0.15, 0.2) is 79.0 Å². The number of hydrogen-bond donors (Lipinski definition) is 4. The van der Waals surface area contributed by atoms with Crippen molar-refractivity contribution in [2.24, 2.45) is 0 Å². The fourth-order valence-electron chi connectivity index (χ4n) is 3.97. The Morgan fingerprint density at radius 2 is 1.69 bits per heavy atom. The zero-order valence-electron chi connectivity index (χ0n) is 19.8. The molecule has 4 N–H and O–H groups in total. The van der Waals surface area contributed by atoms with Gasteiger partial charge in [-0.25, -0.2) is 4.79 Å². The Morgan fingerprint density at radius 3 is 2.44 bits per heavy atom. The van der Waals surface area contributed by atoms with Gasteiger partial charge in [0.05, 0.1) is 22.4 Å². The number of benzene rings is 3. The molecular formula is C28H18F3N3O5. The molecule has 0 saturated heterocycles. The van der Waals surface area contributed by atoms with E-state index in [0.29, 0.717) is 39.7 Å². The predicted molar refractivity (Wildman–Crippen MR) is 137 cm³/mol.